The second kappa shape index (κ2) is 4.50. The van der Waals surface area contributed by atoms with E-state index in [-0.39, 0.29) is 0 Å². The van der Waals surface area contributed by atoms with E-state index >= 15 is 0 Å². The lowest BCUT2D eigenvalue weighted by Crippen LogP contribution is -2.52. The van der Waals surface area contributed by atoms with Gasteiger partial charge in [-0.3, -0.25) is 0 Å². The van der Waals surface area contributed by atoms with Gasteiger partial charge in [0.25, 0.3) is 0 Å². The zero-order valence-corrected chi connectivity index (χ0v) is 14.0. The van der Waals surface area contributed by atoms with Crippen molar-refractivity contribution in [1.29, 1.82) is 0 Å². The molecule has 0 unspecified atom stereocenters. The highest BCUT2D eigenvalue weighted by atomic mass is 14.6. The van der Waals surface area contributed by atoms with Crippen molar-refractivity contribution < 1.29 is 0 Å². The summed E-state index contributed by atoms with van der Waals surface area (Å²) >= 11 is 0. The Balaban J connectivity index is 1.64. The van der Waals surface area contributed by atoms with Gasteiger partial charge in [-0.2, -0.15) is 0 Å². The van der Waals surface area contributed by atoms with Gasteiger partial charge in [0.2, 0.25) is 0 Å². The highest BCUT2D eigenvalue weighted by Gasteiger charge is 2.57. The van der Waals surface area contributed by atoms with Crippen molar-refractivity contribution in [2.24, 2.45) is 40.4 Å². The number of hydrogen-bond acceptors (Lipinski definition) is 0. The molecule has 0 nitrogen and oxygen atoms in total. The molecule has 7 atom stereocenters. The molecular weight excluding hydrogens is 240 g/mol. The number of hydrogen-bond donors (Lipinski definition) is 0. The number of rotatable bonds is 0. The molecule has 0 heterocycles. The molecule has 4 aliphatic carbocycles. The lowest BCUT2D eigenvalue weighted by Gasteiger charge is -2.60. The molecule has 4 saturated carbocycles. The molecule has 0 aromatic carbocycles. The van der Waals surface area contributed by atoms with Crippen molar-refractivity contribution in [2.75, 3.05) is 0 Å². The average Bonchev–Trinajstić information content (AvgIpc) is 2.79. The van der Waals surface area contributed by atoms with E-state index in [0.717, 1.165) is 35.0 Å². The molecule has 0 aliphatic heterocycles. The van der Waals surface area contributed by atoms with Gasteiger partial charge in [0.1, 0.15) is 0 Å². The summed E-state index contributed by atoms with van der Waals surface area (Å²) in [5, 5.41) is 0. The molecule has 0 saturated heterocycles. The summed E-state index contributed by atoms with van der Waals surface area (Å²) in [6, 6.07) is 0. The summed E-state index contributed by atoms with van der Waals surface area (Å²) in [4.78, 5) is 0. The third kappa shape index (κ3) is 1.78. The van der Waals surface area contributed by atoms with Crippen molar-refractivity contribution >= 4 is 0 Å². The summed E-state index contributed by atoms with van der Waals surface area (Å²) in [6.07, 6.45) is 15.5. The summed E-state index contributed by atoms with van der Waals surface area (Å²) in [6.45, 7) is 7.87. The molecule has 0 amide bonds. The topological polar surface area (TPSA) is 0 Å². The zero-order valence-electron chi connectivity index (χ0n) is 14.0. The Labute approximate surface area is 126 Å². The van der Waals surface area contributed by atoms with Crippen LogP contribution in [0.4, 0.5) is 0 Å². The predicted molar refractivity (Wildman–Crippen MR) is 85.5 cm³/mol. The Bertz CT molecular complexity index is 385. The predicted octanol–water partition coefficient (Wildman–Crippen LogP) is 6.06. The number of fused-ring (bicyclic) bond motifs is 5. The van der Waals surface area contributed by atoms with Crippen molar-refractivity contribution in [3.63, 3.8) is 0 Å². The van der Waals surface area contributed by atoms with Gasteiger partial charge in [-0.25, -0.2) is 0 Å². The van der Waals surface area contributed by atoms with Crippen LogP contribution in [0.2, 0.25) is 0 Å². The average molecular weight is 274 g/mol. The van der Waals surface area contributed by atoms with E-state index in [0.29, 0.717) is 5.41 Å². The quantitative estimate of drug-likeness (QED) is 0.504. The first-order valence-corrected chi connectivity index (χ1v) is 9.53. The second-order valence-electron chi connectivity index (χ2n) is 9.63. The molecule has 0 aromatic heterocycles. The molecule has 0 heteroatoms. The van der Waals surface area contributed by atoms with Crippen LogP contribution in [0.5, 0.6) is 0 Å². The van der Waals surface area contributed by atoms with E-state index in [2.05, 4.69) is 20.8 Å². The zero-order chi connectivity index (χ0) is 14.0. The van der Waals surface area contributed by atoms with Gasteiger partial charge < -0.3 is 0 Å². The van der Waals surface area contributed by atoms with Crippen molar-refractivity contribution in [3.05, 3.63) is 0 Å². The molecule has 0 bridgehead atoms. The van der Waals surface area contributed by atoms with Crippen LogP contribution < -0.4 is 0 Å². The van der Waals surface area contributed by atoms with Gasteiger partial charge >= 0.3 is 0 Å². The summed E-state index contributed by atoms with van der Waals surface area (Å²) < 4.78 is 0. The fourth-order valence-corrected chi connectivity index (χ4v) is 7.66. The van der Waals surface area contributed by atoms with Crippen LogP contribution in [0.15, 0.2) is 0 Å². The van der Waals surface area contributed by atoms with E-state index in [1.165, 1.54) is 19.3 Å². The highest BCUT2D eigenvalue weighted by molar-refractivity contribution is 5.07. The van der Waals surface area contributed by atoms with Crippen molar-refractivity contribution in [1.82, 2.24) is 0 Å². The maximum atomic E-state index is 2.71. The summed E-state index contributed by atoms with van der Waals surface area (Å²) in [7, 11) is 0. The third-order valence-corrected chi connectivity index (χ3v) is 8.64. The van der Waals surface area contributed by atoms with E-state index in [1.54, 1.807) is 44.9 Å². The summed E-state index contributed by atoms with van der Waals surface area (Å²) in [5.41, 5.74) is 1.45. The van der Waals surface area contributed by atoms with Gasteiger partial charge in [0, 0.05) is 0 Å². The fourth-order valence-electron chi connectivity index (χ4n) is 7.66. The molecular formula is C20H34. The lowest BCUT2D eigenvalue weighted by molar-refractivity contribution is -0.111. The molecule has 0 radical (unpaired) electrons. The van der Waals surface area contributed by atoms with Crippen LogP contribution in [0, 0.1) is 40.4 Å². The molecule has 20 heavy (non-hydrogen) atoms. The molecule has 4 rings (SSSR count). The fraction of sp³-hybridized carbons (Fsp3) is 1.00. The minimum atomic E-state index is 0.713. The largest absolute Gasteiger partial charge is 0.0625 e. The first kappa shape index (κ1) is 13.6. The normalized spacial score (nSPS) is 58.6. The maximum Gasteiger partial charge on any atom is -0.0264 e. The van der Waals surface area contributed by atoms with Crippen molar-refractivity contribution in [3.8, 4) is 0 Å². The van der Waals surface area contributed by atoms with Crippen LogP contribution in [0.25, 0.3) is 0 Å². The van der Waals surface area contributed by atoms with Crippen LogP contribution in [-0.2, 0) is 0 Å². The van der Waals surface area contributed by atoms with E-state index in [1.807, 2.05) is 0 Å². The molecule has 0 aromatic rings. The molecule has 114 valence electrons. The van der Waals surface area contributed by atoms with Gasteiger partial charge in [-0.1, -0.05) is 33.6 Å². The monoisotopic (exact) mass is 274 g/mol. The molecule has 4 aliphatic rings. The van der Waals surface area contributed by atoms with Crippen LogP contribution >= 0.6 is 0 Å². The van der Waals surface area contributed by atoms with Gasteiger partial charge in [0.05, 0.1) is 0 Å². The second-order valence-corrected chi connectivity index (χ2v) is 9.63. The Morgan fingerprint density at radius 2 is 1.60 bits per heavy atom. The van der Waals surface area contributed by atoms with E-state index < -0.39 is 0 Å². The third-order valence-electron chi connectivity index (χ3n) is 8.64. The molecule has 0 N–H and O–H groups in total. The highest BCUT2D eigenvalue weighted by Crippen LogP contribution is 2.66. The standard InChI is InChI=1S/C20H34/c1-14-6-7-15-8-9-16-17-5-4-11-19(17,2)12-10-18(16)20(15,3)13-14/h14-18H,4-13H2,1-3H3/t14-,15+,16-,17-,18-,19-,20-/m0/s1. The SMILES string of the molecule is C[C@H]1CC[C@@H]2CC[C@H]3[C@@H]4CCC[C@@]4(C)CC[C@@H]3[C@@]2(C)C1. The Hall–Kier alpha value is 0. The van der Waals surface area contributed by atoms with E-state index in [9.17, 15) is 0 Å². The Kier molecular flexibility index (Phi) is 3.07. The van der Waals surface area contributed by atoms with Crippen LogP contribution in [-0.4, -0.2) is 0 Å². The van der Waals surface area contributed by atoms with E-state index in [4.69, 9.17) is 0 Å². The first-order chi connectivity index (χ1) is 9.53. The smallest absolute Gasteiger partial charge is 0.0264 e. The molecule has 4 fully saturated rings. The van der Waals surface area contributed by atoms with Gasteiger partial charge in [-0.05, 0) is 91.8 Å². The maximum absolute atomic E-state index is 2.71. The van der Waals surface area contributed by atoms with Gasteiger partial charge in [-0.15, -0.1) is 0 Å². The lowest BCUT2D eigenvalue weighted by atomic mass is 9.44. The minimum Gasteiger partial charge on any atom is -0.0625 e. The van der Waals surface area contributed by atoms with Crippen molar-refractivity contribution in [2.45, 2.75) is 85.0 Å². The Morgan fingerprint density at radius 1 is 0.800 bits per heavy atom. The molecule has 0 spiro atoms. The van der Waals surface area contributed by atoms with Crippen LogP contribution in [0.3, 0.4) is 0 Å². The van der Waals surface area contributed by atoms with Crippen LogP contribution in [0.1, 0.15) is 85.0 Å². The minimum absolute atomic E-state index is 0.713. The Morgan fingerprint density at radius 3 is 2.45 bits per heavy atom. The van der Waals surface area contributed by atoms with Gasteiger partial charge in [0.15, 0.2) is 0 Å². The first-order valence-electron chi connectivity index (χ1n) is 9.53. The summed E-state index contributed by atoms with van der Waals surface area (Å²) in [5.74, 6) is 5.34.